The molecular formula is C16H21NO4. The molecule has 3 heterocycles. The summed E-state index contributed by atoms with van der Waals surface area (Å²) < 4.78 is 11.2. The number of amides is 1. The van der Waals surface area contributed by atoms with Crippen molar-refractivity contribution in [2.75, 3.05) is 13.2 Å². The van der Waals surface area contributed by atoms with E-state index in [4.69, 9.17) is 9.47 Å². The second-order valence-electron chi connectivity index (χ2n) is 6.56. The van der Waals surface area contributed by atoms with Crippen LogP contribution < -0.4 is 0 Å². The summed E-state index contributed by atoms with van der Waals surface area (Å²) in [5.74, 6) is -1.05. The van der Waals surface area contributed by atoms with E-state index in [1.54, 1.807) is 6.92 Å². The van der Waals surface area contributed by atoms with Crippen molar-refractivity contribution in [2.24, 2.45) is 11.8 Å². The molecule has 5 nitrogen and oxygen atoms in total. The average Bonchev–Trinajstić information content (AvgIpc) is 3.19. The quantitative estimate of drug-likeness (QED) is 0.580. The number of carbonyl (C=O) groups is 2. The van der Waals surface area contributed by atoms with Crippen LogP contribution in [0.4, 0.5) is 0 Å². The van der Waals surface area contributed by atoms with E-state index in [1.807, 2.05) is 17.1 Å². The van der Waals surface area contributed by atoms with Crippen LogP contribution in [0.25, 0.3) is 0 Å². The average molecular weight is 291 g/mol. The Hall–Kier alpha value is -1.36. The van der Waals surface area contributed by atoms with Crippen molar-refractivity contribution in [3.8, 4) is 0 Å². The third kappa shape index (κ3) is 1.73. The minimum absolute atomic E-state index is 0.0896. The molecule has 0 unspecified atom stereocenters. The van der Waals surface area contributed by atoms with E-state index >= 15 is 0 Å². The van der Waals surface area contributed by atoms with Crippen molar-refractivity contribution < 1.29 is 19.1 Å². The van der Waals surface area contributed by atoms with Crippen LogP contribution in [-0.2, 0) is 19.1 Å². The highest BCUT2D eigenvalue weighted by Gasteiger charge is 2.67. The number of fused-ring (bicyclic) bond motifs is 1. The van der Waals surface area contributed by atoms with E-state index in [0.717, 1.165) is 12.8 Å². The van der Waals surface area contributed by atoms with Crippen LogP contribution in [-0.4, -0.2) is 47.7 Å². The minimum atomic E-state index is -0.582. The van der Waals surface area contributed by atoms with Gasteiger partial charge in [0.2, 0.25) is 5.91 Å². The van der Waals surface area contributed by atoms with E-state index in [1.165, 1.54) is 12.8 Å². The number of rotatable bonds is 3. The fourth-order valence-electron chi connectivity index (χ4n) is 4.56. The van der Waals surface area contributed by atoms with E-state index in [-0.39, 0.29) is 23.9 Å². The Kier molecular flexibility index (Phi) is 2.89. The molecule has 5 heteroatoms. The molecule has 0 aromatic rings. The lowest BCUT2D eigenvalue weighted by atomic mass is 9.77. The lowest BCUT2D eigenvalue weighted by Gasteiger charge is -2.26. The van der Waals surface area contributed by atoms with Gasteiger partial charge in [0.25, 0.3) is 0 Å². The van der Waals surface area contributed by atoms with Crippen LogP contribution in [0.5, 0.6) is 0 Å². The molecule has 21 heavy (non-hydrogen) atoms. The highest BCUT2D eigenvalue weighted by Crippen LogP contribution is 2.53. The Morgan fingerprint density at radius 1 is 1.48 bits per heavy atom. The van der Waals surface area contributed by atoms with Gasteiger partial charge in [0.1, 0.15) is 11.5 Å². The zero-order valence-electron chi connectivity index (χ0n) is 12.3. The summed E-state index contributed by atoms with van der Waals surface area (Å²) in [6.45, 7) is 2.73. The number of ether oxygens (including phenoxy) is 2. The number of esters is 1. The van der Waals surface area contributed by atoms with Gasteiger partial charge in [-0.05, 0) is 19.8 Å². The van der Waals surface area contributed by atoms with Gasteiger partial charge in [0.15, 0.2) is 0 Å². The lowest BCUT2D eigenvalue weighted by Crippen LogP contribution is -2.41. The van der Waals surface area contributed by atoms with Crippen molar-refractivity contribution in [3.05, 3.63) is 12.2 Å². The van der Waals surface area contributed by atoms with Gasteiger partial charge in [-0.2, -0.15) is 0 Å². The lowest BCUT2D eigenvalue weighted by molar-refractivity contribution is -0.153. The van der Waals surface area contributed by atoms with Crippen LogP contribution in [0.1, 0.15) is 32.6 Å². The van der Waals surface area contributed by atoms with Crippen molar-refractivity contribution in [1.29, 1.82) is 0 Å². The molecule has 1 saturated carbocycles. The maximum atomic E-state index is 12.9. The smallest absolute Gasteiger partial charge is 0.312 e. The minimum Gasteiger partial charge on any atom is -0.466 e. The molecule has 3 fully saturated rings. The summed E-state index contributed by atoms with van der Waals surface area (Å²) in [5.41, 5.74) is -0.582. The molecule has 1 spiro atoms. The number of likely N-dealkylation sites (tertiary alicyclic amines) is 1. The molecule has 2 saturated heterocycles. The Morgan fingerprint density at radius 2 is 2.24 bits per heavy atom. The first-order chi connectivity index (χ1) is 10.2. The highest BCUT2D eigenvalue weighted by atomic mass is 16.6. The van der Waals surface area contributed by atoms with Gasteiger partial charge in [-0.15, -0.1) is 0 Å². The molecule has 0 aromatic heterocycles. The van der Waals surface area contributed by atoms with Gasteiger partial charge in [-0.25, -0.2) is 0 Å². The van der Waals surface area contributed by atoms with Crippen molar-refractivity contribution in [2.45, 2.75) is 50.4 Å². The summed E-state index contributed by atoms with van der Waals surface area (Å²) in [5, 5.41) is 0. The molecule has 4 aliphatic rings. The number of hydrogen-bond acceptors (Lipinski definition) is 4. The van der Waals surface area contributed by atoms with Crippen molar-refractivity contribution in [1.82, 2.24) is 4.90 Å². The number of hydrogen-bond donors (Lipinski definition) is 0. The van der Waals surface area contributed by atoms with Crippen LogP contribution in [0.2, 0.25) is 0 Å². The third-order valence-corrected chi connectivity index (χ3v) is 5.45. The van der Waals surface area contributed by atoms with Gasteiger partial charge < -0.3 is 14.4 Å². The van der Waals surface area contributed by atoms with E-state index in [0.29, 0.717) is 19.2 Å². The van der Waals surface area contributed by atoms with Gasteiger partial charge >= 0.3 is 5.97 Å². The molecule has 3 aliphatic heterocycles. The first kappa shape index (κ1) is 13.3. The molecule has 0 N–H and O–H groups in total. The first-order valence-corrected chi connectivity index (χ1v) is 8.00. The molecular weight excluding hydrogens is 270 g/mol. The van der Waals surface area contributed by atoms with Gasteiger partial charge in [-0.3, -0.25) is 9.59 Å². The molecule has 0 aromatic carbocycles. The molecule has 1 aliphatic carbocycles. The Morgan fingerprint density at radius 3 is 2.95 bits per heavy atom. The summed E-state index contributed by atoms with van der Waals surface area (Å²) in [7, 11) is 0. The maximum Gasteiger partial charge on any atom is 0.312 e. The third-order valence-electron chi connectivity index (χ3n) is 5.45. The summed E-state index contributed by atoms with van der Waals surface area (Å²) in [6, 6.07) is 0.330. The fraction of sp³-hybridized carbons (Fsp3) is 0.750. The zero-order valence-corrected chi connectivity index (χ0v) is 12.3. The fourth-order valence-corrected chi connectivity index (χ4v) is 4.56. The van der Waals surface area contributed by atoms with Gasteiger partial charge in [0, 0.05) is 6.04 Å². The van der Waals surface area contributed by atoms with Crippen LogP contribution in [0.15, 0.2) is 12.2 Å². The number of carbonyl (C=O) groups excluding carboxylic acids is 2. The van der Waals surface area contributed by atoms with Crippen LogP contribution in [0, 0.1) is 11.8 Å². The Bertz CT molecular complexity index is 510. The predicted molar refractivity (Wildman–Crippen MR) is 74.3 cm³/mol. The van der Waals surface area contributed by atoms with E-state index in [9.17, 15) is 9.59 Å². The molecule has 2 bridgehead atoms. The van der Waals surface area contributed by atoms with Gasteiger partial charge in [0.05, 0.1) is 25.2 Å². The highest BCUT2D eigenvalue weighted by molar-refractivity contribution is 5.91. The summed E-state index contributed by atoms with van der Waals surface area (Å²) in [4.78, 5) is 27.1. The largest absolute Gasteiger partial charge is 0.466 e. The normalized spacial score (nSPS) is 41.1. The summed E-state index contributed by atoms with van der Waals surface area (Å²) >= 11 is 0. The molecule has 4 atom stereocenters. The first-order valence-electron chi connectivity index (χ1n) is 8.00. The van der Waals surface area contributed by atoms with E-state index in [2.05, 4.69) is 0 Å². The maximum absolute atomic E-state index is 12.9. The molecule has 4 rings (SSSR count). The van der Waals surface area contributed by atoms with Crippen LogP contribution in [0.3, 0.4) is 0 Å². The van der Waals surface area contributed by atoms with E-state index < -0.39 is 11.5 Å². The van der Waals surface area contributed by atoms with Crippen molar-refractivity contribution in [3.63, 3.8) is 0 Å². The second kappa shape index (κ2) is 4.57. The van der Waals surface area contributed by atoms with Crippen LogP contribution >= 0.6 is 0 Å². The standard InChI is InChI=1S/C16H21NO4/c1-2-20-15(19)12-11-7-8-16(21-11)9-17(14(18)13(12)16)10-5-3-4-6-10/h7-8,10-13H,2-6,9H2,1H3/t11-,12-,13-,16+/m1/s1. The zero-order chi connectivity index (χ0) is 14.6. The Labute approximate surface area is 124 Å². The second-order valence-corrected chi connectivity index (χ2v) is 6.56. The predicted octanol–water partition coefficient (Wildman–Crippen LogP) is 1.27. The molecule has 114 valence electrons. The monoisotopic (exact) mass is 291 g/mol. The Balaban J connectivity index is 1.63. The summed E-state index contributed by atoms with van der Waals surface area (Å²) in [6.07, 6.45) is 8.18. The number of nitrogens with zero attached hydrogens (tertiary/aromatic N) is 1. The molecule has 1 amide bonds. The SMILES string of the molecule is CCOC(=O)[C@@H]1[C@H]2C=C[C@@]3(CN(C4CCCC4)C(=O)[C@@H]13)O2. The topological polar surface area (TPSA) is 55.8 Å². The van der Waals surface area contributed by atoms with Crippen molar-refractivity contribution >= 4 is 11.9 Å². The van der Waals surface area contributed by atoms with Gasteiger partial charge in [-0.1, -0.05) is 25.0 Å². The molecule has 0 radical (unpaired) electrons.